The Hall–Kier alpha value is -1.77. The molecule has 0 bridgehead atoms. The molecule has 0 spiro atoms. The Balaban J connectivity index is 2.19. The Labute approximate surface area is 94.7 Å². The first kappa shape index (κ1) is 9.46. The van der Waals surface area contributed by atoms with E-state index in [1.54, 1.807) is 0 Å². The van der Waals surface area contributed by atoms with Crippen LogP contribution in [0.5, 0.6) is 5.75 Å². The Kier molecular flexibility index (Phi) is 1.99. The maximum atomic E-state index is 5.73. The first-order chi connectivity index (χ1) is 7.75. The minimum absolute atomic E-state index is 0.793. The van der Waals surface area contributed by atoms with Crippen LogP contribution >= 0.6 is 0 Å². The molecule has 0 N–H and O–H groups in total. The maximum Gasteiger partial charge on any atom is 0.146 e. The van der Waals surface area contributed by atoms with Crippen LogP contribution in [0.15, 0.2) is 24.7 Å². The molecular formula is C13H14N2O. The molecule has 1 aliphatic rings. The molecule has 3 nitrogen and oxygen atoms in total. The zero-order chi connectivity index (χ0) is 11.1. The zero-order valence-electron chi connectivity index (χ0n) is 9.53. The predicted molar refractivity (Wildman–Crippen MR) is 62.2 cm³/mol. The van der Waals surface area contributed by atoms with Gasteiger partial charge < -0.3 is 9.30 Å². The second-order valence-corrected chi connectivity index (χ2v) is 4.23. The third-order valence-corrected chi connectivity index (χ3v) is 3.06. The van der Waals surface area contributed by atoms with Crippen LogP contribution in [0.3, 0.4) is 0 Å². The fourth-order valence-electron chi connectivity index (χ4n) is 2.20. The number of hydrogen-bond donors (Lipinski definition) is 0. The molecule has 2 heterocycles. The molecule has 2 aromatic rings. The number of rotatable bonds is 1. The first-order valence-corrected chi connectivity index (χ1v) is 5.52. The van der Waals surface area contributed by atoms with E-state index in [-0.39, 0.29) is 0 Å². The fourth-order valence-corrected chi connectivity index (χ4v) is 2.20. The standard InChI is InChI=1S/C13H14N2O/c1-9-3-4-12(13-11(9)5-6-16-13)15-7-10(2)14-8-15/h3-4,7-8H,5-6H2,1-2H3. The Bertz CT molecular complexity index is 543. The van der Waals surface area contributed by atoms with Crippen molar-refractivity contribution in [2.75, 3.05) is 6.61 Å². The summed E-state index contributed by atoms with van der Waals surface area (Å²) in [5.41, 5.74) is 4.77. The molecule has 0 aliphatic carbocycles. The summed E-state index contributed by atoms with van der Waals surface area (Å²) in [6.45, 7) is 4.92. The molecule has 0 fully saturated rings. The quantitative estimate of drug-likeness (QED) is 0.729. The fraction of sp³-hybridized carbons (Fsp3) is 0.308. The Morgan fingerprint density at radius 3 is 2.94 bits per heavy atom. The van der Waals surface area contributed by atoms with Gasteiger partial charge in [0.1, 0.15) is 5.75 Å². The van der Waals surface area contributed by atoms with Gasteiger partial charge in [0.25, 0.3) is 0 Å². The van der Waals surface area contributed by atoms with Gasteiger partial charge in [0.2, 0.25) is 0 Å². The number of aryl methyl sites for hydroxylation is 2. The van der Waals surface area contributed by atoms with Crippen molar-refractivity contribution in [3.8, 4) is 11.4 Å². The molecule has 0 amide bonds. The van der Waals surface area contributed by atoms with Gasteiger partial charge in [-0.15, -0.1) is 0 Å². The summed E-state index contributed by atoms with van der Waals surface area (Å²) in [6.07, 6.45) is 4.87. The van der Waals surface area contributed by atoms with Crippen LogP contribution in [0, 0.1) is 13.8 Å². The average Bonchev–Trinajstić information content (AvgIpc) is 2.87. The lowest BCUT2D eigenvalue weighted by Crippen LogP contribution is -1.95. The van der Waals surface area contributed by atoms with Crippen LogP contribution < -0.4 is 4.74 Å². The van der Waals surface area contributed by atoms with Gasteiger partial charge in [-0.05, 0) is 25.5 Å². The van der Waals surface area contributed by atoms with E-state index in [0.29, 0.717) is 0 Å². The van der Waals surface area contributed by atoms with Crippen molar-refractivity contribution in [3.63, 3.8) is 0 Å². The molecule has 0 radical (unpaired) electrons. The predicted octanol–water partition coefficient (Wildman–Crippen LogP) is 2.42. The molecule has 0 unspecified atom stereocenters. The highest BCUT2D eigenvalue weighted by molar-refractivity contribution is 5.56. The summed E-state index contributed by atoms with van der Waals surface area (Å²) < 4.78 is 7.75. The van der Waals surface area contributed by atoms with Crippen LogP contribution in [0.4, 0.5) is 0 Å². The number of fused-ring (bicyclic) bond motifs is 1. The molecule has 82 valence electrons. The molecule has 0 saturated carbocycles. The first-order valence-electron chi connectivity index (χ1n) is 5.52. The summed E-state index contributed by atoms with van der Waals surface area (Å²) >= 11 is 0. The molecule has 0 atom stereocenters. The molecule has 16 heavy (non-hydrogen) atoms. The minimum Gasteiger partial charge on any atom is -0.491 e. The normalized spacial score (nSPS) is 13.6. The molecular weight excluding hydrogens is 200 g/mol. The number of hydrogen-bond acceptors (Lipinski definition) is 2. The van der Waals surface area contributed by atoms with Crippen molar-refractivity contribution < 1.29 is 4.74 Å². The zero-order valence-corrected chi connectivity index (χ0v) is 9.53. The van der Waals surface area contributed by atoms with Crippen molar-refractivity contribution in [2.45, 2.75) is 20.3 Å². The summed E-state index contributed by atoms with van der Waals surface area (Å²) in [4.78, 5) is 4.25. The van der Waals surface area contributed by atoms with Crippen molar-refractivity contribution in [2.24, 2.45) is 0 Å². The van der Waals surface area contributed by atoms with Crippen molar-refractivity contribution in [3.05, 3.63) is 41.5 Å². The topological polar surface area (TPSA) is 27.1 Å². The van der Waals surface area contributed by atoms with E-state index in [2.05, 4.69) is 24.0 Å². The number of benzene rings is 1. The van der Waals surface area contributed by atoms with Gasteiger partial charge in [-0.1, -0.05) is 6.07 Å². The maximum absolute atomic E-state index is 5.73. The highest BCUT2D eigenvalue weighted by Crippen LogP contribution is 2.34. The van der Waals surface area contributed by atoms with Crippen LogP contribution in [0.2, 0.25) is 0 Å². The number of ether oxygens (including phenoxy) is 1. The summed E-state index contributed by atoms with van der Waals surface area (Å²) in [5, 5.41) is 0. The van der Waals surface area contributed by atoms with Crippen LogP contribution in [-0.2, 0) is 6.42 Å². The Morgan fingerprint density at radius 1 is 1.31 bits per heavy atom. The number of nitrogens with zero attached hydrogens (tertiary/aromatic N) is 2. The number of aromatic nitrogens is 2. The lowest BCUT2D eigenvalue weighted by Gasteiger charge is -2.10. The van der Waals surface area contributed by atoms with E-state index in [1.807, 2.05) is 24.0 Å². The second-order valence-electron chi connectivity index (χ2n) is 4.23. The minimum atomic E-state index is 0.793. The molecule has 1 aromatic heterocycles. The monoisotopic (exact) mass is 214 g/mol. The summed E-state index contributed by atoms with van der Waals surface area (Å²) in [7, 11) is 0. The van der Waals surface area contributed by atoms with E-state index in [9.17, 15) is 0 Å². The lowest BCUT2D eigenvalue weighted by molar-refractivity contribution is 0.355. The molecule has 1 aromatic carbocycles. The third-order valence-electron chi connectivity index (χ3n) is 3.06. The van der Waals surface area contributed by atoms with Crippen LogP contribution in [-0.4, -0.2) is 16.2 Å². The Morgan fingerprint density at radius 2 is 2.19 bits per heavy atom. The smallest absolute Gasteiger partial charge is 0.146 e. The SMILES string of the molecule is Cc1cn(-c2ccc(C)c3c2OCC3)cn1. The van der Waals surface area contributed by atoms with Gasteiger partial charge in [0.15, 0.2) is 0 Å². The van der Waals surface area contributed by atoms with E-state index in [0.717, 1.165) is 30.2 Å². The molecule has 1 aliphatic heterocycles. The van der Waals surface area contributed by atoms with Crippen molar-refractivity contribution in [1.82, 2.24) is 9.55 Å². The molecule has 3 heteroatoms. The second kappa shape index (κ2) is 3.37. The lowest BCUT2D eigenvalue weighted by atomic mass is 10.1. The van der Waals surface area contributed by atoms with Gasteiger partial charge in [-0.3, -0.25) is 0 Å². The van der Waals surface area contributed by atoms with Crippen LogP contribution in [0.25, 0.3) is 5.69 Å². The van der Waals surface area contributed by atoms with Gasteiger partial charge >= 0.3 is 0 Å². The van der Waals surface area contributed by atoms with E-state index in [1.165, 1.54) is 11.1 Å². The highest BCUT2D eigenvalue weighted by Gasteiger charge is 2.19. The van der Waals surface area contributed by atoms with E-state index in [4.69, 9.17) is 4.74 Å². The van der Waals surface area contributed by atoms with E-state index < -0.39 is 0 Å². The van der Waals surface area contributed by atoms with Gasteiger partial charge in [-0.2, -0.15) is 0 Å². The average molecular weight is 214 g/mol. The number of imidazole rings is 1. The largest absolute Gasteiger partial charge is 0.491 e. The molecule has 3 rings (SSSR count). The van der Waals surface area contributed by atoms with Gasteiger partial charge in [0, 0.05) is 18.2 Å². The molecule has 0 saturated heterocycles. The van der Waals surface area contributed by atoms with Crippen molar-refractivity contribution >= 4 is 0 Å². The summed E-state index contributed by atoms with van der Waals surface area (Å²) in [6, 6.07) is 4.25. The van der Waals surface area contributed by atoms with Gasteiger partial charge in [-0.25, -0.2) is 4.98 Å². The summed E-state index contributed by atoms with van der Waals surface area (Å²) in [5.74, 6) is 1.03. The highest BCUT2D eigenvalue weighted by atomic mass is 16.5. The van der Waals surface area contributed by atoms with E-state index >= 15 is 0 Å². The third kappa shape index (κ3) is 1.32. The van der Waals surface area contributed by atoms with Crippen LogP contribution in [0.1, 0.15) is 16.8 Å². The van der Waals surface area contributed by atoms with Gasteiger partial charge in [0.05, 0.1) is 24.3 Å². The van der Waals surface area contributed by atoms with Crippen molar-refractivity contribution in [1.29, 1.82) is 0 Å².